The van der Waals surface area contributed by atoms with Gasteiger partial charge in [0.05, 0.1) is 11.6 Å². The molecule has 1 saturated heterocycles. The number of hydrogen-bond donors (Lipinski definition) is 0. The summed E-state index contributed by atoms with van der Waals surface area (Å²) in [7, 11) is 3.80. The minimum atomic E-state index is -0.359. The Morgan fingerprint density at radius 1 is 1.33 bits per heavy atom. The molecule has 0 radical (unpaired) electrons. The minimum Gasteiger partial charge on any atom is -0.354 e. The summed E-state index contributed by atoms with van der Waals surface area (Å²) in [6.45, 7) is 7.64. The summed E-state index contributed by atoms with van der Waals surface area (Å²) in [6.07, 6.45) is 5.47. The molecule has 1 unspecified atom stereocenters. The van der Waals surface area contributed by atoms with Crippen molar-refractivity contribution in [3.05, 3.63) is 12.5 Å². The van der Waals surface area contributed by atoms with E-state index in [0.29, 0.717) is 0 Å². The molecular formula is C17H26N6O. The summed E-state index contributed by atoms with van der Waals surface area (Å²) in [5.41, 5.74) is 0.476. The van der Waals surface area contributed by atoms with E-state index in [9.17, 15) is 4.79 Å². The monoisotopic (exact) mass is 330 g/mol. The maximum atomic E-state index is 12.6. The van der Waals surface area contributed by atoms with E-state index in [1.165, 1.54) is 0 Å². The summed E-state index contributed by atoms with van der Waals surface area (Å²) in [5, 5.41) is 5.25. The van der Waals surface area contributed by atoms with Crippen LogP contribution in [0.25, 0.3) is 11.0 Å². The lowest BCUT2D eigenvalue weighted by Crippen LogP contribution is -2.51. The van der Waals surface area contributed by atoms with Crippen molar-refractivity contribution in [2.24, 2.45) is 12.5 Å². The van der Waals surface area contributed by atoms with Crippen LogP contribution in [0.2, 0.25) is 0 Å². The number of likely N-dealkylation sites (N-methyl/N-ethyl adjacent to an activating group) is 1. The van der Waals surface area contributed by atoms with E-state index in [2.05, 4.69) is 20.0 Å². The Bertz CT molecular complexity index is 747. The Labute approximate surface area is 142 Å². The van der Waals surface area contributed by atoms with Crippen LogP contribution in [0.15, 0.2) is 12.5 Å². The first-order valence-corrected chi connectivity index (χ1v) is 8.44. The Morgan fingerprint density at radius 2 is 2.08 bits per heavy atom. The van der Waals surface area contributed by atoms with E-state index in [4.69, 9.17) is 0 Å². The van der Waals surface area contributed by atoms with Gasteiger partial charge in [-0.2, -0.15) is 5.10 Å². The minimum absolute atomic E-state index is 0.184. The molecule has 3 heterocycles. The summed E-state index contributed by atoms with van der Waals surface area (Å²) < 4.78 is 1.76. The van der Waals surface area contributed by atoms with E-state index in [-0.39, 0.29) is 17.4 Å². The normalized spacial score (nSPS) is 18.9. The zero-order valence-electron chi connectivity index (χ0n) is 15.2. The van der Waals surface area contributed by atoms with Crippen molar-refractivity contribution in [1.29, 1.82) is 0 Å². The number of carbonyl (C=O) groups excluding carboxylic acids is 1. The number of aromatic nitrogens is 4. The van der Waals surface area contributed by atoms with Crippen LogP contribution in [0.1, 0.15) is 33.6 Å². The quantitative estimate of drug-likeness (QED) is 0.840. The van der Waals surface area contributed by atoms with Gasteiger partial charge in [0.1, 0.15) is 12.1 Å². The highest BCUT2D eigenvalue weighted by atomic mass is 16.2. The van der Waals surface area contributed by atoms with Crippen LogP contribution in [0, 0.1) is 5.41 Å². The number of anilines is 1. The molecule has 3 rings (SSSR count). The summed E-state index contributed by atoms with van der Waals surface area (Å²) in [6, 6.07) is 0.201. The average Bonchev–Trinajstić information content (AvgIpc) is 2.94. The highest BCUT2D eigenvalue weighted by molar-refractivity contribution is 5.86. The molecule has 0 saturated carbocycles. The highest BCUT2D eigenvalue weighted by Crippen LogP contribution is 2.27. The number of fused-ring (bicyclic) bond motifs is 1. The Morgan fingerprint density at radius 3 is 2.79 bits per heavy atom. The van der Waals surface area contributed by atoms with Crippen LogP contribution in [0.5, 0.6) is 0 Å². The van der Waals surface area contributed by atoms with Crippen molar-refractivity contribution in [2.75, 3.05) is 25.0 Å². The maximum Gasteiger partial charge on any atom is 0.227 e. The van der Waals surface area contributed by atoms with Crippen molar-refractivity contribution in [3.63, 3.8) is 0 Å². The van der Waals surface area contributed by atoms with Gasteiger partial charge < -0.3 is 9.80 Å². The second-order valence-electron chi connectivity index (χ2n) is 7.61. The van der Waals surface area contributed by atoms with Gasteiger partial charge in [0.2, 0.25) is 5.91 Å². The van der Waals surface area contributed by atoms with Gasteiger partial charge in [-0.25, -0.2) is 9.97 Å². The zero-order chi connectivity index (χ0) is 17.5. The van der Waals surface area contributed by atoms with Crippen molar-refractivity contribution in [2.45, 2.75) is 39.7 Å². The molecule has 0 bridgehead atoms. The smallest absolute Gasteiger partial charge is 0.227 e. The van der Waals surface area contributed by atoms with E-state index >= 15 is 0 Å². The van der Waals surface area contributed by atoms with Crippen LogP contribution in [-0.4, -0.2) is 56.7 Å². The second kappa shape index (κ2) is 6.03. The third kappa shape index (κ3) is 2.95. The molecular weight excluding hydrogens is 304 g/mol. The fraction of sp³-hybridized carbons (Fsp3) is 0.647. The van der Waals surface area contributed by atoms with Crippen LogP contribution < -0.4 is 4.90 Å². The molecule has 7 nitrogen and oxygen atoms in total. The van der Waals surface area contributed by atoms with E-state index in [1.54, 1.807) is 11.0 Å². The molecule has 130 valence electrons. The van der Waals surface area contributed by atoms with Gasteiger partial charge in [-0.3, -0.25) is 9.48 Å². The maximum absolute atomic E-state index is 12.6. The lowest BCUT2D eigenvalue weighted by molar-refractivity contribution is -0.140. The summed E-state index contributed by atoms with van der Waals surface area (Å²) >= 11 is 0. The second-order valence-corrected chi connectivity index (χ2v) is 7.61. The highest BCUT2D eigenvalue weighted by Gasteiger charge is 2.32. The molecule has 2 aromatic heterocycles. The first-order chi connectivity index (χ1) is 11.3. The zero-order valence-corrected chi connectivity index (χ0v) is 15.2. The molecule has 0 aliphatic carbocycles. The number of rotatable bonds is 2. The van der Waals surface area contributed by atoms with Gasteiger partial charge in [-0.05, 0) is 12.8 Å². The summed E-state index contributed by atoms with van der Waals surface area (Å²) in [5.74, 6) is 1.10. The van der Waals surface area contributed by atoms with Crippen LogP contribution in [-0.2, 0) is 11.8 Å². The van der Waals surface area contributed by atoms with Crippen molar-refractivity contribution < 1.29 is 4.79 Å². The van der Waals surface area contributed by atoms with Gasteiger partial charge in [0, 0.05) is 38.6 Å². The van der Waals surface area contributed by atoms with E-state index < -0.39 is 0 Å². The van der Waals surface area contributed by atoms with Crippen LogP contribution >= 0.6 is 0 Å². The molecule has 0 spiro atoms. The standard InChI is InChI=1S/C17H26N6O/c1-17(2,3)16(24)21(4)12-7-6-8-23(10-12)15-13-9-20-22(5)14(13)18-11-19-15/h9,11-12H,6-8,10H2,1-5H3. The third-order valence-electron chi connectivity index (χ3n) is 4.71. The largest absolute Gasteiger partial charge is 0.354 e. The number of hydrogen-bond acceptors (Lipinski definition) is 5. The van der Waals surface area contributed by atoms with Crippen LogP contribution in [0.3, 0.4) is 0 Å². The molecule has 24 heavy (non-hydrogen) atoms. The average molecular weight is 330 g/mol. The van der Waals surface area contributed by atoms with Gasteiger partial charge in [0.15, 0.2) is 5.65 Å². The van der Waals surface area contributed by atoms with Gasteiger partial charge in [0.25, 0.3) is 0 Å². The molecule has 1 aliphatic heterocycles. The molecule has 1 fully saturated rings. The van der Waals surface area contributed by atoms with Gasteiger partial charge in [-0.1, -0.05) is 20.8 Å². The molecule has 1 atom stereocenters. The van der Waals surface area contributed by atoms with E-state index in [1.807, 2.05) is 46.0 Å². The number of amides is 1. The predicted molar refractivity (Wildman–Crippen MR) is 93.8 cm³/mol. The first kappa shape index (κ1) is 16.7. The molecule has 2 aromatic rings. The lowest BCUT2D eigenvalue weighted by Gasteiger charge is -2.40. The fourth-order valence-electron chi connectivity index (χ4n) is 3.36. The van der Waals surface area contributed by atoms with Gasteiger partial charge >= 0.3 is 0 Å². The molecule has 1 amide bonds. The number of carbonyl (C=O) groups is 1. The van der Waals surface area contributed by atoms with Crippen molar-refractivity contribution in [1.82, 2.24) is 24.6 Å². The molecule has 0 N–H and O–H groups in total. The number of nitrogens with zero attached hydrogens (tertiary/aromatic N) is 6. The first-order valence-electron chi connectivity index (χ1n) is 8.44. The molecule has 1 aliphatic rings. The number of aryl methyl sites for hydroxylation is 1. The number of piperidine rings is 1. The lowest BCUT2D eigenvalue weighted by atomic mass is 9.93. The Balaban J connectivity index is 1.84. The predicted octanol–water partition coefficient (Wildman–Crippen LogP) is 1.84. The van der Waals surface area contributed by atoms with Crippen molar-refractivity contribution in [3.8, 4) is 0 Å². The topological polar surface area (TPSA) is 67.2 Å². The third-order valence-corrected chi connectivity index (χ3v) is 4.71. The SMILES string of the molecule is CN(C(=O)C(C)(C)C)C1CCCN(c2ncnc3c2cnn3C)C1. The summed E-state index contributed by atoms with van der Waals surface area (Å²) in [4.78, 5) is 25.6. The Hall–Kier alpha value is -2.18. The van der Waals surface area contributed by atoms with E-state index in [0.717, 1.165) is 42.8 Å². The van der Waals surface area contributed by atoms with Crippen LogP contribution in [0.4, 0.5) is 5.82 Å². The van der Waals surface area contributed by atoms with Crippen molar-refractivity contribution >= 4 is 22.8 Å². The Kier molecular flexibility index (Phi) is 4.19. The molecule has 0 aromatic carbocycles. The van der Waals surface area contributed by atoms with Gasteiger partial charge in [-0.15, -0.1) is 0 Å². The molecule has 7 heteroatoms. The fourth-order valence-corrected chi connectivity index (χ4v) is 3.36.